The van der Waals surface area contributed by atoms with Crippen LogP contribution in [0.1, 0.15) is 47.5 Å². The Labute approximate surface area is 175 Å². The number of halogens is 1. The van der Waals surface area contributed by atoms with E-state index in [1.54, 1.807) is 51.1 Å². The average Bonchev–Trinajstić information content (AvgIpc) is 2.67. The fourth-order valence-corrected chi connectivity index (χ4v) is 3.80. The molecule has 1 aliphatic rings. The van der Waals surface area contributed by atoms with Crippen LogP contribution in [0, 0.1) is 5.82 Å². The van der Waals surface area contributed by atoms with E-state index in [1.807, 2.05) is 13.8 Å². The number of carbonyl (C=O) groups is 2. The molecule has 1 N–H and O–H groups in total. The highest BCUT2D eigenvalue weighted by atomic mass is 19.1. The van der Waals surface area contributed by atoms with Gasteiger partial charge in [-0.1, -0.05) is 13.8 Å². The number of benzene rings is 2. The Bertz CT molecular complexity index is 962. The molecule has 0 radical (unpaired) electrons. The molecule has 30 heavy (non-hydrogen) atoms. The number of rotatable bonds is 4. The summed E-state index contributed by atoms with van der Waals surface area (Å²) in [5.41, 5.74) is -0.296. The molecule has 6 nitrogen and oxygen atoms in total. The second kappa shape index (κ2) is 7.63. The summed E-state index contributed by atoms with van der Waals surface area (Å²) in [4.78, 5) is 28.1. The van der Waals surface area contributed by atoms with Crippen molar-refractivity contribution in [2.45, 2.75) is 58.6 Å². The van der Waals surface area contributed by atoms with E-state index in [1.165, 1.54) is 21.9 Å². The van der Waals surface area contributed by atoms with Crippen molar-refractivity contribution in [1.29, 1.82) is 0 Å². The summed E-state index contributed by atoms with van der Waals surface area (Å²) in [6.07, 6.45) is -0.209. The molecular weight excluding hydrogens is 387 g/mol. The number of hydrogen-bond donors (Lipinski definition) is 1. The molecule has 1 aliphatic heterocycles. The Hall–Kier alpha value is -3.09. The zero-order valence-electron chi connectivity index (χ0n) is 17.9. The molecule has 7 heteroatoms. The first kappa shape index (κ1) is 21.6. The monoisotopic (exact) mass is 414 g/mol. The van der Waals surface area contributed by atoms with Crippen LogP contribution in [0.4, 0.5) is 26.2 Å². The minimum Gasteiger partial charge on any atom is -0.475 e. The Kier molecular flexibility index (Phi) is 5.50. The van der Waals surface area contributed by atoms with Gasteiger partial charge >= 0.3 is 6.09 Å². The summed E-state index contributed by atoms with van der Waals surface area (Å²) in [5.74, 6) is -0.213. The molecule has 0 atom stereocenters. The first-order valence-corrected chi connectivity index (χ1v) is 10.0. The minimum absolute atomic E-state index is 0.231. The maximum atomic E-state index is 13.5. The van der Waals surface area contributed by atoms with Crippen LogP contribution in [-0.4, -0.2) is 28.2 Å². The average molecular weight is 414 g/mol. The maximum Gasteiger partial charge on any atom is 0.412 e. The van der Waals surface area contributed by atoms with Crippen molar-refractivity contribution >= 4 is 29.1 Å². The SMILES string of the molecule is CCC1(CC)Oc2cc(N(C(=O)O)C(C)(C)C)ccc2N(c2ccc(F)cc2)C1=O. The first-order valence-electron chi connectivity index (χ1n) is 10.0. The van der Waals surface area contributed by atoms with Crippen LogP contribution in [0.2, 0.25) is 0 Å². The topological polar surface area (TPSA) is 70.1 Å². The van der Waals surface area contributed by atoms with Crippen molar-refractivity contribution in [3.05, 3.63) is 48.3 Å². The maximum absolute atomic E-state index is 13.5. The molecule has 0 aromatic heterocycles. The van der Waals surface area contributed by atoms with Gasteiger partial charge in [-0.3, -0.25) is 14.6 Å². The summed E-state index contributed by atoms with van der Waals surface area (Å²) in [5, 5.41) is 9.74. The number of hydrogen-bond acceptors (Lipinski definition) is 3. The van der Waals surface area contributed by atoms with Gasteiger partial charge in [0.15, 0.2) is 5.60 Å². The summed E-state index contributed by atoms with van der Waals surface area (Å²) in [7, 11) is 0. The lowest BCUT2D eigenvalue weighted by atomic mass is 9.92. The molecule has 3 rings (SSSR count). The van der Waals surface area contributed by atoms with Crippen LogP contribution in [0.25, 0.3) is 0 Å². The molecule has 0 bridgehead atoms. The van der Waals surface area contributed by atoms with Gasteiger partial charge in [-0.15, -0.1) is 0 Å². The van der Waals surface area contributed by atoms with E-state index in [0.717, 1.165) is 0 Å². The third-order valence-electron chi connectivity index (χ3n) is 5.43. The van der Waals surface area contributed by atoms with Gasteiger partial charge in [-0.2, -0.15) is 0 Å². The Balaban J connectivity index is 2.20. The Morgan fingerprint density at radius 1 is 1.13 bits per heavy atom. The van der Waals surface area contributed by atoms with Crippen LogP contribution in [-0.2, 0) is 4.79 Å². The minimum atomic E-state index is -1.09. The van der Waals surface area contributed by atoms with Crippen molar-refractivity contribution in [1.82, 2.24) is 0 Å². The van der Waals surface area contributed by atoms with Gasteiger partial charge < -0.3 is 9.84 Å². The number of anilines is 3. The van der Waals surface area contributed by atoms with E-state index in [-0.39, 0.29) is 5.91 Å². The summed E-state index contributed by atoms with van der Waals surface area (Å²) in [6.45, 7) is 9.16. The third kappa shape index (κ3) is 3.60. The number of nitrogens with zero attached hydrogens (tertiary/aromatic N) is 2. The van der Waals surface area contributed by atoms with Crippen LogP contribution in [0.5, 0.6) is 5.75 Å². The zero-order chi connectivity index (χ0) is 22.3. The largest absolute Gasteiger partial charge is 0.475 e. The first-order chi connectivity index (χ1) is 14.0. The molecule has 0 saturated carbocycles. The van der Waals surface area contributed by atoms with Gasteiger partial charge in [0.25, 0.3) is 5.91 Å². The summed E-state index contributed by atoms with van der Waals surface area (Å²) < 4.78 is 19.7. The standard InChI is InChI=1S/C23H27FN2O4/c1-6-23(7-2)20(27)25(16-10-8-15(24)9-11-16)18-13-12-17(14-19(18)30-23)26(21(28)29)22(3,4)5/h8-14H,6-7H2,1-5H3,(H,28,29). The molecule has 1 heterocycles. The molecule has 0 saturated heterocycles. The van der Waals surface area contributed by atoms with Gasteiger partial charge in [0.05, 0.1) is 11.4 Å². The summed E-state index contributed by atoms with van der Waals surface area (Å²) >= 11 is 0. The molecule has 160 valence electrons. The van der Waals surface area contributed by atoms with Crippen LogP contribution >= 0.6 is 0 Å². The van der Waals surface area contributed by atoms with Crippen LogP contribution < -0.4 is 14.5 Å². The fraction of sp³-hybridized carbons (Fsp3) is 0.391. The van der Waals surface area contributed by atoms with Gasteiger partial charge in [0.1, 0.15) is 11.6 Å². The van der Waals surface area contributed by atoms with Crippen molar-refractivity contribution in [2.24, 2.45) is 0 Å². The predicted octanol–water partition coefficient (Wildman–Crippen LogP) is 5.72. The van der Waals surface area contributed by atoms with Crippen molar-refractivity contribution < 1.29 is 23.8 Å². The molecule has 0 fully saturated rings. The van der Waals surface area contributed by atoms with E-state index in [2.05, 4.69) is 0 Å². The predicted molar refractivity (Wildman–Crippen MR) is 114 cm³/mol. The third-order valence-corrected chi connectivity index (χ3v) is 5.43. The molecule has 0 aliphatic carbocycles. The van der Waals surface area contributed by atoms with Crippen molar-refractivity contribution in [3.63, 3.8) is 0 Å². The number of amides is 2. The second-order valence-corrected chi connectivity index (χ2v) is 8.36. The van der Waals surface area contributed by atoms with Gasteiger partial charge in [-0.25, -0.2) is 9.18 Å². The number of carboxylic acid groups (broad SMARTS) is 1. The molecular formula is C23H27FN2O4. The lowest BCUT2D eigenvalue weighted by Gasteiger charge is -2.42. The van der Waals surface area contributed by atoms with E-state index in [0.29, 0.717) is 35.7 Å². The van der Waals surface area contributed by atoms with Crippen LogP contribution in [0.3, 0.4) is 0 Å². The normalized spacial score (nSPS) is 15.4. The highest BCUT2D eigenvalue weighted by Gasteiger charge is 2.46. The molecule has 2 amide bonds. The Morgan fingerprint density at radius 3 is 2.23 bits per heavy atom. The van der Waals surface area contributed by atoms with Crippen LogP contribution in [0.15, 0.2) is 42.5 Å². The Morgan fingerprint density at radius 2 is 1.73 bits per heavy atom. The second-order valence-electron chi connectivity index (χ2n) is 8.36. The van der Waals surface area contributed by atoms with Gasteiger partial charge in [-0.05, 0) is 70.0 Å². The summed E-state index contributed by atoms with van der Waals surface area (Å²) in [6, 6.07) is 10.7. The van der Waals surface area contributed by atoms with Crippen molar-refractivity contribution in [3.8, 4) is 5.75 Å². The fourth-order valence-electron chi connectivity index (χ4n) is 3.80. The van der Waals surface area contributed by atoms with Crippen molar-refractivity contribution in [2.75, 3.05) is 9.80 Å². The molecule has 0 unspecified atom stereocenters. The quantitative estimate of drug-likeness (QED) is 0.694. The number of ether oxygens (including phenoxy) is 1. The van der Waals surface area contributed by atoms with Gasteiger partial charge in [0.2, 0.25) is 0 Å². The lowest BCUT2D eigenvalue weighted by molar-refractivity contribution is -0.135. The van der Waals surface area contributed by atoms with E-state index in [4.69, 9.17) is 4.74 Å². The van der Waals surface area contributed by atoms with Gasteiger partial charge in [0, 0.05) is 17.3 Å². The highest BCUT2D eigenvalue weighted by Crippen LogP contribution is 2.46. The number of carbonyl (C=O) groups excluding carboxylic acids is 1. The zero-order valence-corrected chi connectivity index (χ0v) is 17.9. The lowest BCUT2D eigenvalue weighted by Crippen LogP contribution is -2.54. The molecule has 2 aromatic rings. The van der Waals surface area contributed by atoms with E-state index in [9.17, 15) is 19.1 Å². The van der Waals surface area contributed by atoms with E-state index < -0.39 is 23.1 Å². The van der Waals surface area contributed by atoms with E-state index >= 15 is 0 Å². The smallest absolute Gasteiger partial charge is 0.412 e. The highest BCUT2D eigenvalue weighted by molar-refractivity contribution is 6.08. The molecule has 0 spiro atoms. The molecule has 2 aromatic carbocycles. The number of fused-ring (bicyclic) bond motifs is 1.